The molecule has 0 bridgehead atoms. The number of aromatic nitrogens is 1. The van der Waals surface area contributed by atoms with Gasteiger partial charge in [-0.3, -0.25) is 9.59 Å². The van der Waals surface area contributed by atoms with Crippen LogP contribution in [0, 0.1) is 0 Å². The van der Waals surface area contributed by atoms with E-state index in [2.05, 4.69) is 15.2 Å². The van der Waals surface area contributed by atoms with Crippen LogP contribution < -0.4 is 16.0 Å². The molecule has 0 radical (unpaired) electrons. The molecular formula is C17H18F2N4O3. The third kappa shape index (κ3) is 3.66. The van der Waals surface area contributed by atoms with Gasteiger partial charge in [0, 0.05) is 18.7 Å². The van der Waals surface area contributed by atoms with Crippen molar-refractivity contribution in [3.63, 3.8) is 0 Å². The predicted molar refractivity (Wildman–Crippen MR) is 90.4 cm³/mol. The molecule has 0 spiro atoms. The number of alkyl halides is 2. The maximum absolute atomic E-state index is 12.9. The fourth-order valence-corrected chi connectivity index (χ4v) is 2.96. The number of amides is 2. The second-order valence-corrected chi connectivity index (χ2v) is 5.97. The van der Waals surface area contributed by atoms with Crippen molar-refractivity contribution in [2.75, 3.05) is 23.3 Å². The highest BCUT2D eigenvalue weighted by molar-refractivity contribution is 6.06. The van der Waals surface area contributed by atoms with Crippen LogP contribution in [0.2, 0.25) is 0 Å². The normalized spacial score (nSPS) is 14.5. The first-order valence-corrected chi connectivity index (χ1v) is 8.19. The van der Waals surface area contributed by atoms with Crippen LogP contribution >= 0.6 is 0 Å². The maximum atomic E-state index is 12.9. The van der Waals surface area contributed by atoms with Crippen LogP contribution in [0.15, 0.2) is 29.0 Å². The van der Waals surface area contributed by atoms with Gasteiger partial charge in [-0.1, -0.05) is 0 Å². The number of rotatable bonds is 5. The molecule has 0 unspecified atom stereocenters. The summed E-state index contributed by atoms with van der Waals surface area (Å²) in [5.74, 6) is -2.08. The first-order valence-electron chi connectivity index (χ1n) is 8.19. The molecule has 1 aliphatic heterocycles. The zero-order chi connectivity index (χ0) is 18.7. The van der Waals surface area contributed by atoms with Gasteiger partial charge >= 0.3 is 0 Å². The van der Waals surface area contributed by atoms with Gasteiger partial charge in [0.1, 0.15) is 0 Å². The van der Waals surface area contributed by atoms with Crippen molar-refractivity contribution in [2.24, 2.45) is 5.73 Å². The average molecular weight is 364 g/mol. The standard InChI is InChI=1S/C17H18F2N4O3/c18-15(19)13-14(26-9-21-13)17(25)22-11-8-10(16(20)24)4-5-12(11)23-6-2-1-3-7-23/h4-5,8-9,15H,1-3,6-7H2,(H2,20,24)(H,22,25). The van der Waals surface area contributed by atoms with Crippen molar-refractivity contribution in [1.29, 1.82) is 0 Å². The highest BCUT2D eigenvalue weighted by Gasteiger charge is 2.25. The highest BCUT2D eigenvalue weighted by atomic mass is 19.3. The van der Waals surface area contributed by atoms with Crippen molar-refractivity contribution in [1.82, 2.24) is 4.98 Å². The topological polar surface area (TPSA) is 101 Å². The van der Waals surface area contributed by atoms with Crippen LogP contribution in [0.1, 0.15) is 52.3 Å². The Kier molecular flexibility index (Phi) is 5.15. The summed E-state index contributed by atoms with van der Waals surface area (Å²) in [5, 5.41) is 2.55. The first kappa shape index (κ1) is 17.8. The minimum absolute atomic E-state index is 0.202. The van der Waals surface area contributed by atoms with E-state index in [4.69, 9.17) is 10.2 Å². The third-order valence-electron chi connectivity index (χ3n) is 4.23. The molecule has 3 N–H and O–H groups in total. The molecule has 9 heteroatoms. The number of piperidine rings is 1. The van der Waals surface area contributed by atoms with Crippen LogP contribution in [0.3, 0.4) is 0 Å². The molecule has 1 aromatic heterocycles. The summed E-state index contributed by atoms with van der Waals surface area (Å²) in [6.45, 7) is 1.59. The highest BCUT2D eigenvalue weighted by Crippen LogP contribution is 2.31. The Morgan fingerprint density at radius 2 is 1.96 bits per heavy atom. The fourth-order valence-electron chi connectivity index (χ4n) is 2.96. The van der Waals surface area contributed by atoms with Crippen molar-refractivity contribution < 1.29 is 22.8 Å². The number of hydrogen-bond donors (Lipinski definition) is 2. The number of nitrogens with one attached hydrogen (secondary N) is 1. The van der Waals surface area contributed by atoms with Crippen molar-refractivity contribution in [3.8, 4) is 0 Å². The summed E-state index contributed by atoms with van der Waals surface area (Å²) in [6.07, 6.45) is 0.980. The van der Waals surface area contributed by atoms with E-state index in [9.17, 15) is 18.4 Å². The fraction of sp³-hybridized carbons (Fsp3) is 0.353. The van der Waals surface area contributed by atoms with Gasteiger partial charge in [0.15, 0.2) is 12.1 Å². The number of carbonyl (C=O) groups is 2. The molecule has 2 amide bonds. The maximum Gasteiger partial charge on any atom is 0.293 e. The van der Waals surface area contributed by atoms with E-state index in [0.717, 1.165) is 38.7 Å². The van der Waals surface area contributed by atoms with Gasteiger partial charge in [-0.25, -0.2) is 13.8 Å². The zero-order valence-electron chi connectivity index (χ0n) is 13.9. The van der Waals surface area contributed by atoms with E-state index in [-0.39, 0.29) is 5.56 Å². The number of nitrogens with zero attached hydrogens (tertiary/aromatic N) is 2. The van der Waals surface area contributed by atoms with Crippen LogP contribution in [0.25, 0.3) is 0 Å². The molecule has 26 heavy (non-hydrogen) atoms. The lowest BCUT2D eigenvalue weighted by Gasteiger charge is -2.30. The molecule has 1 aromatic carbocycles. The number of oxazole rings is 1. The molecule has 7 nitrogen and oxygen atoms in total. The summed E-state index contributed by atoms with van der Waals surface area (Å²) in [7, 11) is 0. The monoisotopic (exact) mass is 364 g/mol. The number of benzene rings is 1. The van der Waals surface area contributed by atoms with Crippen molar-refractivity contribution in [3.05, 3.63) is 41.6 Å². The van der Waals surface area contributed by atoms with Gasteiger partial charge in [-0.2, -0.15) is 0 Å². The lowest BCUT2D eigenvalue weighted by atomic mass is 10.1. The minimum atomic E-state index is -2.94. The van der Waals surface area contributed by atoms with Gasteiger partial charge in [-0.15, -0.1) is 0 Å². The smallest absolute Gasteiger partial charge is 0.293 e. The predicted octanol–water partition coefficient (Wildman–Crippen LogP) is 2.95. The zero-order valence-corrected chi connectivity index (χ0v) is 13.9. The van der Waals surface area contributed by atoms with E-state index >= 15 is 0 Å². The van der Waals surface area contributed by atoms with Gasteiger partial charge in [0.25, 0.3) is 12.3 Å². The van der Waals surface area contributed by atoms with E-state index in [0.29, 0.717) is 11.4 Å². The second kappa shape index (κ2) is 7.51. The number of carbonyl (C=O) groups excluding carboxylic acids is 2. The van der Waals surface area contributed by atoms with E-state index in [1.165, 1.54) is 6.07 Å². The molecule has 0 aliphatic carbocycles. The van der Waals surface area contributed by atoms with Gasteiger partial charge in [-0.05, 0) is 37.5 Å². The molecule has 1 fully saturated rings. The molecule has 2 aromatic rings. The van der Waals surface area contributed by atoms with Gasteiger partial charge < -0.3 is 20.4 Å². The largest absolute Gasteiger partial charge is 0.438 e. The Bertz CT molecular complexity index is 816. The Hall–Kier alpha value is -2.97. The Morgan fingerprint density at radius 3 is 2.62 bits per heavy atom. The number of primary amides is 1. The van der Waals surface area contributed by atoms with E-state index in [1.54, 1.807) is 12.1 Å². The Balaban J connectivity index is 1.93. The molecule has 1 saturated heterocycles. The molecular weight excluding hydrogens is 346 g/mol. The van der Waals surface area contributed by atoms with Crippen LogP contribution in [-0.4, -0.2) is 29.9 Å². The lowest BCUT2D eigenvalue weighted by molar-refractivity contribution is 0.0973. The number of anilines is 2. The van der Waals surface area contributed by atoms with Gasteiger partial charge in [0.05, 0.1) is 11.4 Å². The van der Waals surface area contributed by atoms with Crippen LogP contribution in [0.5, 0.6) is 0 Å². The molecule has 1 aliphatic rings. The second-order valence-electron chi connectivity index (χ2n) is 5.97. The van der Waals surface area contributed by atoms with Crippen molar-refractivity contribution >= 4 is 23.2 Å². The molecule has 2 heterocycles. The minimum Gasteiger partial charge on any atom is -0.438 e. The number of hydrogen-bond acceptors (Lipinski definition) is 5. The number of halogens is 2. The van der Waals surface area contributed by atoms with Crippen LogP contribution in [0.4, 0.5) is 20.2 Å². The number of nitrogens with two attached hydrogens (primary N) is 1. The molecule has 0 saturated carbocycles. The summed E-state index contributed by atoms with van der Waals surface area (Å²) >= 11 is 0. The van der Waals surface area contributed by atoms with Gasteiger partial charge in [0.2, 0.25) is 11.7 Å². The summed E-state index contributed by atoms with van der Waals surface area (Å²) in [5.41, 5.74) is 5.79. The summed E-state index contributed by atoms with van der Waals surface area (Å²) in [4.78, 5) is 29.3. The quantitative estimate of drug-likeness (QED) is 0.849. The SMILES string of the molecule is NC(=O)c1ccc(N2CCCCC2)c(NC(=O)c2ocnc2C(F)F)c1. The molecule has 0 atom stereocenters. The first-order chi connectivity index (χ1) is 12.5. The average Bonchev–Trinajstić information content (AvgIpc) is 3.12. The van der Waals surface area contributed by atoms with E-state index in [1.807, 2.05) is 0 Å². The van der Waals surface area contributed by atoms with Crippen molar-refractivity contribution in [2.45, 2.75) is 25.7 Å². The Morgan fingerprint density at radius 1 is 1.23 bits per heavy atom. The third-order valence-corrected chi connectivity index (χ3v) is 4.23. The van der Waals surface area contributed by atoms with E-state index < -0.39 is 29.7 Å². The molecule has 138 valence electrons. The van der Waals surface area contributed by atoms with Crippen LogP contribution in [-0.2, 0) is 0 Å². The molecule has 3 rings (SSSR count). The summed E-state index contributed by atoms with van der Waals surface area (Å²) < 4.78 is 30.7. The Labute approximate surface area is 148 Å². The summed E-state index contributed by atoms with van der Waals surface area (Å²) in [6, 6.07) is 4.69. The lowest BCUT2D eigenvalue weighted by Crippen LogP contribution is -2.30.